The van der Waals surface area contributed by atoms with E-state index in [9.17, 15) is 13.2 Å². The van der Waals surface area contributed by atoms with Gasteiger partial charge in [-0.3, -0.25) is 4.79 Å². The molecule has 0 spiro atoms. The highest BCUT2D eigenvalue weighted by molar-refractivity contribution is 7.99. The summed E-state index contributed by atoms with van der Waals surface area (Å²) in [6.07, 6.45) is 2.85. The third kappa shape index (κ3) is 4.38. The van der Waals surface area contributed by atoms with Crippen LogP contribution in [-0.4, -0.2) is 52.4 Å². The summed E-state index contributed by atoms with van der Waals surface area (Å²) >= 11 is 2.58. The van der Waals surface area contributed by atoms with Crippen molar-refractivity contribution in [2.75, 3.05) is 24.2 Å². The zero-order valence-corrected chi connectivity index (χ0v) is 19.5. The number of fused-ring (bicyclic) bond motifs is 2. The van der Waals surface area contributed by atoms with Gasteiger partial charge in [0.15, 0.2) is 10.3 Å². The SMILES string of the molecule is O=C(CSc1nc2ccccc2[nH]1)Nc1nc2ccc(S(=O)(=O)N3CCCCC3)cc2s1. The van der Waals surface area contributed by atoms with Crippen molar-refractivity contribution in [3.63, 3.8) is 0 Å². The van der Waals surface area contributed by atoms with Crippen LogP contribution < -0.4 is 5.32 Å². The van der Waals surface area contributed by atoms with E-state index in [1.807, 2.05) is 24.3 Å². The average Bonchev–Trinajstić information content (AvgIpc) is 3.40. The van der Waals surface area contributed by atoms with Crippen LogP contribution in [0.15, 0.2) is 52.5 Å². The first-order valence-electron chi connectivity index (χ1n) is 10.3. The molecule has 1 aliphatic rings. The van der Waals surface area contributed by atoms with E-state index in [1.54, 1.807) is 22.5 Å². The van der Waals surface area contributed by atoms with Crippen LogP contribution in [0.2, 0.25) is 0 Å². The number of thiazole rings is 1. The third-order valence-electron chi connectivity index (χ3n) is 5.27. The van der Waals surface area contributed by atoms with E-state index in [4.69, 9.17) is 0 Å². The van der Waals surface area contributed by atoms with E-state index >= 15 is 0 Å². The second-order valence-electron chi connectivity index (χ2n) is 7.51. The molecule has 2 N–H and O–H groups in total. The number of nitrogens with zero attached hydrogens (tertiary/aromatic N) is 3. The Morgan fingerprint density at radius 2 is 1.91 bits per heavy atom. The summed E-state index contributed by atoms with van der Waals surface area (Å²) in [5, 5.41) is 3.93. The number of benzene rings is 2. The lowest BCUT2D eigenvalue weighted by atomic mass is 10.2. The molecule has 5 rings (SSSR count). The zero-order valence-electron chi connectivity index (χ0n) is 17.1. The Hall–Kier alpha value is -2.47. The average molecular weight is 488 g/mol. The Morgan fingerprint density at radius 3 is 2.72 bits per heavy atom. The normalized spacial score (nSPS) is 15.4. The lowest BCUT2D eigenvalue weighted by Gasteiger charge is -2.25. The first kappa shape index (κ1) is 21.4. The summed E-state index contributed by atoms with van der Waals surface area (Å²) in [6, 6.07) is 12.6. The van der Waals surface area contributed by atoms with Crippen molar-refractivity contribution in [1.82, 2.24) is 19.3 Å². The molecular weight excluding hydrogens is 466 g/mol. The van der Waals surface area contributed by atoms with Crippen molar-refractivity contribution in [3.8, 4) is 0 Å². The molecule has 32 heavy (non-hydrogen) atoms. The standard InChI is InChI=1S/C21H21N5O3S3/c27-19(13-30-20-22-15-6-2-3-7-16(15)23-20)25-21-24-17-9-8-14(12-18(17)31-21)32(28,29)26-10-4-1-5-11-26/h2-3,6-9,12H,1,4-5,10-11,13H2,(H,22,23)(H,24,25,27). The molecule has 0 saturated carbocycles. The molecule has 11 heteroatoms. The maximum Gasteiger partial charge on any atom is 0.243 e. The maximum absolute atomic E-state index is 12.9. The summed E-state index contributed by atoms with van der Waals surface area (Å²) in [5.74, 6) is -0.0136. The van der Waals surface area contributed by atoms with E-state index < -0.39 is 10.0 Å². The summed E-state index contributed by atoms with van der Waals surface area (Å²) in [7, 11) is -3.51. The van der Waals surface area contributed by atoms with Crippen LogP contribution in [0.1, 0.15) is 19.3 Å². The predicted molar refractivity (Wildman–Crippen MR) is 128 cm³/mol. The monoisotopic (exact) mass is 487 g/mol. The molecule has 0 radical (unpaired) electrons. The van der Waals surface area contributed by atoms with Gasteiger partial charge in [-0.1, -0.05) is 41.7 Å². The van der Waals surface area contributed by atoms with Crippen molar-refractivity contribution in [3.05, 3.63) is 42.5 Å². The van der Waals surface area contributed by atoms with Gasteiger partial charge in [0.25, 0.3) is 0 Å². The van der Waals surface area contributed by atoms with E-state index in [2.05, 4.69) is 20.3 Å². The van der Waals surface area contributed by atoms with Crippen LogP contribution in [0.4, 0.5) is 5.13 Å². The predicted octanol–water partition coefficient (Wildman–Crippen LogP) is 4.08. The number of nitrogens with one attached hydrogen (secondary N) is 2. The number of amides is 1. The Bertz CT molecular complexity index is 1360. The summed E-state index contributed by atoms with van der Waals surface area (Å²) in [4.78, 5) is 24.7. The van der Waals surface area contributed by atoms with Gasteiger partial charge in [-0.05, 0) is 43.2 Å². The van der Waals surface area contributed by atoms with Crippen molar-refractivity contribution in [1.29, 1.82) is 0 Å². The number of aromatic amines is 1. The molecule has 8 nitrogen and oxygen atoms in total. The fourth-order valence-electron chi connectivity index (χ4n) is 3.66. The topological polar surface area (TPSA) is 108 Å². The van der Waals surface area contributed by atoms with Gasteiger partial charge in [0.1, 0.15) is 0 Å². The Kier molecular flexibility index (Phi) is 5.89. The second kappa shape index (κ2) is 8.81. The summed E-state index contributed by atoms with van der Waals surface area (Å²) in [6.45, 7) is 1.13. The van der Waals surface area contributed by atoms with E-state index in [1.165, 1.54) is 23.1 Å². The molecule has 1 fully saturated rings. The number of sulfonamides is 1. The largest absolute Gasteiger partial charge is 0.333 e. The van der Waals surface area contributed by atoms with Crippen molar-refractivity contribution in [2.24, 2.45) is 0 Å². The minimum atomic E-state index is -3.51. The molecule has 166 valence electrons. The van der Waals surface area contributed by atoms with Crippen molar-refractivity contribution in [2.45, 2.75) is 29.3 Å². The molecule has 3 heterocycles. The quantitative estimate of drug-likeness (QED) is 0.397. The van der Waals surface area contributed by atoms with E-state index in [0.717, 1.165) is 35.0 Å². The first-order valence-corrected chi connectivity index (χ1v) is 13.5. The van der Waals surface area contributed by atoms with Crippen LogP contribution in [0.3, 0.4) is 0 Å². The number of rotatable bonds is 6. The van der Waals surface area contributed by atoms with Gasteiger partial charge in [-0.15, -0.1) is 0 Å². The van der Waals surface area contributed by atoms with Gasteiger partial charge in [0.2, 0.25) is 15.9 Å². The van der Waals surface area contributed by atoms with Crippen molar-refractivity contribution >= 4 is 65.4 Å². The Labute approximate surface area is 193 Å². The number of imidazole rings is 1. The number of para-hydroxylation sites is 2. The molecule has 0 unspecified atom stereocenters. The third-order valence-corrected chi connectivity index (χ3v) is 8.97. The fraction of sp³-hybridized carbons (Fsp3) is 0.286. The molecule has 1 saturated heterocycles. The highest BCUT2D eigenvalue weighted by Crippen LogP contribution is 2.30. The number of carbonyl (C=O) groups is 1. The minimum Gasteiger partial charge on any atom is -0.333 e. The molecule has 2 aromatic carbocycles. The highest BCUT2D eigenvalue weighted by Gasteiger charge is 2.26. The van der Waals surface area contributed by atoms with Crippen LogP contribution in [-0.2, 0) is 14.8 Å². The van der Waals surface area contributed by atoms with Crippen LogP contribution in [0, 0.1) is 0 Å². The van der Waals surface area contributed by atoms with Gasteiger partial charge in [-0.25, -0.2) is 18.4 Å². The van der Waals surface area contributed by atoms with E-state index in [0.29, 0.717) is 28.9 Å². The summed E-state index contributed by atoms with van der Waals surface area (Å²) < 4.78 is 28.1. The minimum absolute atomic E-state index is 0.185. The number of thioether (sulfide) groups is 1. The Morgan fingerprint density at radius 1 is 1.09 bits per heavy atom. The number of piperidine rings is 1. The number of anilines is 1. The molecule has 1 amide bonds. The van der Waals surface area contributed by atoms with E-state index in [-0.39, 0.29) is 16.6 Å². The molecule has 1 aliphatic heterocycles. The van der Waals surface area contributed by atoms with Gasteiger partial charge in [0, 0.05) is 13.1 Å². The molecule has 2 aromatic heterocycles. The van der Waals surface area contributed by atoms with Gasteiger partial charge in [-0.2, -0.15) is 4.31 Å². The molecule has 0 bridgehead atoms. The van der Waals surface area contributed by atoms with Gasteiger partial charge in [0.05, 0.1) is 31.9 Å². The summed E-state index contributed by atoms with van der Waals surface area (Å²) in [5.41, 5.74) is 2.45. The first-order chi connectivity index (χ1) is 15.5. The fourth-order valence-corrected chi connectivity index (χ4v) is 6.88. The number of aromatic nitrogens is 3. The molecule has 4 aromatic rings. The second-order valence-corrected chi connectivity index (χ2v) is 11.4. The Balaban J connectivity index is 1.26. The van der Waals surface area contributed by atoms with Gasteiger partial charge >= 0.3 is 0 Å². The lowest BCUT2D eigenvalue weighted by molar-refractivity contribution is -0.113. The van der Waals surface area contributed by atoms with Crippen LogP contribution in [0.5, 0.6) is 0 Å². The molecule has 0 aliphatic carbocycles. The number of H-pyrrole nitrogens is 1. The maximum atomic E-state index is 12.9. The lowest BCUT2D eigenvalue weighted by Crippen LogP contribution is -2.35. The number of hydrogen-bond acceptors (Lipinski definition) is 7. The number of hydrogen-bond donors (Lipinski definition) is 2. The van der Waals surface area contributed by atoms with Crippen molar-refractivity contribution < 1.29 is 13.2 Å². The van der Waals surface area contributed by atoms with Gasteiger partial charge < -0.3 is 10.3 Å². The smallest absolute Gasteiger partial charge is 0.243 e. The zero-order chi connectivity index (χ0) is 22.1. The van der Waals surface area contributed by atoms with Crippen LogP contribution in [0.25, 0.3) is 21.3 Å². The molecular formula is C21H21N5O3S3. The van der Waals surface area contributed by atoms with Crippen LogP contribution >= 0.6 is 23.1 Å². The number of carbonyl (C=O) groups excluding carboxylic acids is 1. The molecule has 0 atom stereocenters. The highest BCUT2D eigenvalue weighted by atomic mass is 32.2.